The first-order valence-corrected chi connectivity index (χ1v) is 12.3. The maximum atomic E-state index is 11.2. The number of ether oxygens (including phenoxy) is 4. The van der Waals surface area contributed by atoms with Crippen molar-refractivity contribution in [3.8, 4) is 0 Å². The first-order chi connectivity index (χ1) is 16.3. The monoisotopic (exact) mass is 582 g/mol. The predicted molar refractivity (Wildman–Crippen MR) is 106 cm³/mol. The minimum absolute atomic E-state index is 0.603. The van der Waals surface area contributed by atoms with Crippen LogP contribution in [-0.4, -0.2) is 180 Å². The van der Waals surface area contributed by atoms with E-state index in [9.17, 15) is 61.0 Å². The summed E-state index contributed by atoms with van der Waals surface area (Å²) in [4.78, 5) is 11.2. The van der Waals surface area contributed by atoms with Gasteiger partial charge in [0, 0.05) is 0 Å². The van der Waals surface area contributed by atoms with Crippen LogP contribution < -0.4 is 0 Å². The second-order valence-corrected chi connectivity index (χ2v) is 11.0. The third-order valence-corrected chi connectivity index (χ3v) is 8.15. The van der Waals surface area contributed by atoms with Crippen molar-refractivity contribution in [1.82, 2.24) is 0 Å². The Morgan fingerprint density at radius 2 is 1.31 bits per heavy atom. The summed E-state index contributed by atoms with van der Waals surface area (Å²) in [5.74, 6) is 0. The van der Waals surface area contributed by atoms with Crippen LogP contribution in [0.4, 0.5) is 0 Å². The second kappa shape index (κ2) is 11.5. The van der Waals surface area contributed by atoms with Gasteiger partial charge < -0.3 is 25.2 Å². The fourth-order valence-electron chi connectivity index (χ4n) is 3.62. The summed E-state index contributed by atoms with van der Waals surface area (Å²) in [6, 6.07) is 0. The zero-order valence-corrected chi connectivity index (χ0v) is 19.7. The van der Waals surface area contributed by atoms with Crippen molar-refractivity contribution >= 4 is 19.6 Å². The molecule has 3 rings (SSSR count). The van der Waals surface area contributed by atoms with Gasteiger partial charge in [-0.3, -0.25) is 0 Å². The predicted octanol–water partition coefficient (Wildman–Crippen LogP) is -8.36. The van der Waals surface area contributed by atoms with Crippen molar-refractivity contribution in [3.63, 3.8) is 0 Å². The van der Waals surface area contributed by atoms with Gasteiger partial charge in [-0.2, -0.15) is 0 Å². The number of aliphatic hydroxyl groups is 11. The zero-order chi connectivity index (χ0) is 26.2. The van der Waals surface area contributed by atoms with Gasteiger partial charge in [0.25, 0.3) is 0 Å². The summed E-state index contributed by atoms with van der Waals surface area (Å²) < 4.78 is 18.1. The van der Waals surface area contributed by atoms with Crippen molar-refractivity contribution in [2.75, 3.05) is 19.8 Å². The molecule has 3 aliphatic heterocycles. The van der Waals surface area contributed by atoms with Crippen LogP contribution in [0.15, 0.2) is 0 Å². The van der Waals surface area contributed by atoms with Gasteiger partial charge in [0.15, 0.2) is 0 Å². The number of hydrogen-bond donors (Lipinski definition) is 11. The molecule has 0 saturated carbocycles. The summed E-state index contributed by atoms with van der Waals surface area (Å²) in [5, 5.41) is 109. The molecular weight excluding hydrogens is 551 g/mol. The van der Waals surface area contributed by atoms with E-state index in [0.717, 1.165) is 0 Å². The van der Waals surface area contributed by atoms with Crippen molar-refractivity contribution in [1.29, 1.82) is 0 Å². The molecule has 35 heavy (non-hydrogen) atoms. The molecule has 0 unspecified atom stereocenters. The van der Waals surface area contributed by atoms with E-state index in [2.05, 4.69) is 0 Å². The molecule has 0 amide bonds. The molecule has 204 valence electrons. The quantitative estimate of drug-likeness (QED) is 0.107. The molecule has 16 nitrogen and oxygen atoms in total. The van der Waals surface area contributed by atoms with Gasteiger partial charge in [-0.15, -0.1) is 0 Å². The first kappa shape index (κ1) is 29.1. The average molecular weight is 581 g/mol. The summed E-state index contributed by atoms with van der Waals surface area (Å²) in [5.41, 5.74) is 0. The molecule has 14 atom stereocenters. The zero-order valence-electron chi connectivity index (χ0n) is 18.0. The summed E-state index contributed by atoms with van der Waals surface area (Å²) in [6.45, 7) is -2.10. The average Bonchev–Trinajstić information content (AvgIpc) is 3.46. The summed E-state index contributed by atoms with van der Waals surface area (Å²) in [6.07, 6.45) is -22.2. The Morgan fingerprint density at radius 3 is 1.83 bits per heavy atom. The van der Waals surface area contributed by atoms with Gasteiger partial charge in [0.1, 0.15) is 24.4 Å². The molecule has 3 heterocycles. The molecule has 0 aromatic carbocycles. The van der Waals surface area contributed by atoms with Gasteiger partial charge in [-0.1, -0.05) is 0 Å². The van der Waals surface area contributed by atoms with Gasteiger partial charge >= 0.3 is 147 Å². The topological polar surface area (TPSA) is 277 Å². The van der Waals surface area contributed by atoms with E-state index in [1.165, 1.54) is 0 Å². The van der Waals surface area contributed by atoms with Crippen LogP contribution in [0.2, 0.25) is 0 Å². The summed E-state index contributed by atoms with van der Waals surface area (Å²) in [7, 11) is 0. The third kappa shape index (κ3) is 6.02. The molecule has 3 saturated heterocycles. The Hall–Kier alpha value is -0.411. The normalized spacial score (nSPS) is 46.8. The number of carbonyl (C=O) groups excluding carboxylic acids is 1. The van der Waals surface area contributed by atoms with Crippen molar-refractivity contribution in [2.24, 2.45) is 0 Å². The van der Waals surface area contributed by atoms with Crippen LogP contribution in [0.25, 0.3) is 0 Å². The molecule has 3 aliphatic rings. The van der Waals surface area contributed by atoms with Crippen LogP contribution in [0.5, 0.6) is 0 Å². The molecule has 0 aliphatic carbocycles. The van der Waals surface area contributed by atoms with Gasteiger partial charge in [-0.05, 0) is 0 Å². The number of carbonyl (C=O) groups is 1. The summed E-state index contributed by atoms with van der Waals surface area (Å²) >= 11 is -0.967. The fraction of sp³-hybridized carbons (Fsp3) is 0.944. The van der Waals surface area contributed by atoms with E-state index < -0.39 is 124 Å². The van der Waals surface area contributed by atoms with E-state index in [4.69, 9.17) is 18.9 Å². The Kier molecular flexibility index (Phi) is 9.61. The Labute approximate surface area is 204 Å². The number of hydrogen-bond acceptors (Lipinski definition) is 16. The van der Waals surface area contributed by atoms with E-state index >= 15 is 0 Å². The molecule has 17 heteroatoms. The Bertz CT molecular complexity index is 729. The molecule has 0 bridgehead atoms. The van der Waals surface area contributed by atoms with Gasteiger partial charge in [0.2, 0.25) is 0 Å². The molecule has 0 aromatic heterocycles. The van der Waals surface area contributed by atoms with Crippen LogP contribution in [0.1, 0.15) is 0 Å². The Balaban J connectivity index is 1.55. The number of rotatable bonds is 10. The van der Waals surface area contributed by atoms with E-state index in [1.54, 1.807) is 0 Å². The standard InChI is InChI=1S/C18H30O16Se/c19-1-5-8(22)10(24)12(26)16(33-5)32-3-6-9(23)11(25)13(27)15(34-6)31-2-4(20)7(21)14(28)18(30)17(29)35-18/h4-16,19-28,30H,1-3H2/t4-,5-,6-,7-,8-,9-,10+,11+,12-,13-,14+,15+,16+,18-/m1/s1. The van der Waals surface area contributed by atoms with Crippen molar-refractivity contribution in [3.05, 3.63) is 0 Å². The second-order valence-electron chi connectivity index (χ2n) is 8.47. The molecular formula is C18H30O16Se. The first-order valence-electron chi connectivity index (χ1n) is 10.6. The fourth-order valence-corrected chi connectivity index (χ4v) is 4.90. The van der Waals surface area contributed by atoms with Gasteiger partial charge in [0.05, 0.1) is 6.61 Å². The molecule has 0 aromatic rings. The molecule has 11 N–H and O–H groups in total. The van der Waals surface area contributed by atoms with Crippen LogP contribution in [0, 0.1) is 0 Å². The van der Waals surface area contributed by atoms with Crippen LogP contribution in [-0.2, 0) is 23.7 Å². The maximum absolute atomic E-state index is 11.2. The van der Waals surface area contributed by atoms with Crippen LogP contribution >= 0.6 is 0 Å². The van der Waals surface area contributed by atoms with Gasteiger partial charge in [-0.25, -0.2) is 0 Å². The van der Waals surface area contributed by atoms with Crippen molar-refractivity contribution < 1.29 is 79.9 Å². The Morgan fingerprint density at radius 1 is 0.829 bits per heavy atom. The minimum atomic E-state index is -2.11. The SMILES string of the molecule is O=C1[Se][C@]1(O)[C@@H](O)[C@H](O)[C@H](O)CO[C@H]1O[C@H](CO[C@H]2O[C@H](CO)[C@@H](O)[C@H](O)[C@H]2O)[C@@H](O)[C@H](O)[C@H]1O. The molecule has 0 spiro atoms. The van der Waals surface area contributed by atoms with E-state index in [-0.39, 0.29) is 0 Å². The van der Waals surface area contributed by atoms with Crippen molar-refractivity contribution in [2.45, 2.75) is 84.2 Å². The molecule has 3 fully saturated rings. The number of aliphatic hydroxyl groups excluding tert-OH is 10. The molecule has 0 radical (unpaired) electrons. The van der Waals surface area contributed by atoms with E-state index in [0.29, 0.717) is 0 Å². The van der Waals surface area contributed by atoms with E-state index in [1.807, 2.05) is 0 Å². The third-order valence-electron chi connectivity index (χ3n) is 5.99. The van der Waals surface area contributed by atoms with Crippen LogP contribution in [0.3, 0.4) is 0 Å².